The first-order valence-corrected chi connectivity index (χ1v) is 6.44. The molecule has 0 saturated carbocycles. The zero-order valence-corrected chi connectivity index (χ0v) is 10.8. The number of anilines is 1. The Morgan fingerprint density at radius 1 is 1.35 bits per heavy atom. The lowest BCUT2D eigenvalue weighted by atomic mass is 10.2. The van der Waals surface area contributed by atoms with Gasteiger partial charge >= 0.3 is 0 Å². The molecule has 0 bridgehead atoms. The largest absolute Gasteiger partial charge is 0.385 e. The van der Waals surface area contributed by atoms with Crippen LogP contribution in [-0.2, 0) is 6.42 Å². The van der Waals surface area contributed by atoms with Gasteiger partial charge in [-0.25, -0.2) is 9.37 Å². The van der Waals surface area contributed by atoms with Crippen LogP contribution in [0.2, 0.25) is 0 Å². The summed E-state index contributed by atoms with van der Waals surface area (Å²) in [7, 11) is 0. The molecule has 2 nitrogen and oxygen atoms in total. The summed E-state index contributed by atoms with van der Waals surface area (Å²) in [6, 6.07) is 5.22. The van der Waals surface area contributed by atoms with Crippen LogP contribution in [0.1, 0.15) is 16.1 Å². The first-order valence-electron chi connectivity index (χ1n) is 5.56. The molecular weight excluding hydrogens is 235 g/mol. The first-order chi connectivity index (χ1) is 8.16. The van der Waals surface area contributed by atoms with E-state index in [9.17, 15) is 4.39 Å². The smallest absolute Gasteiger partial charge is 0.128 e. The van der Waals surface area contributed by atoms with E-state index in [-0.39, 0.29) is 5.82 Å². The van der Waals surface area contributed by atoms with Gasteiger partial charge < -0.3 is 5.32 Å². The predicted molar refractivity (Wildman–Crippen MR) is 70.2 cm³/mol. The highest BCUT2D eigenvalue weighted by Gasteiger charge is 2.02. The van der Waals surface area contributed by atoms with E-state index in [4.69, 9.17) is 0 Å². The van der Waals surface area contributed by atoms with Crippen molar-refractivity contribution in [1.82, 2.24) is 4.98 Å². The maximum atomic E-state index is 13.3. The molecule has 0 saturated heterocycles. The molecule has 1 N–H and O–H groups in total. The topological polar surface area (TPSA) is 24.9 Å². The molecule has 0 radical (unpaired) electrons. The molecule has 0 aliphatic rings. The van der Waals surface area contributed by atoms with Crippen molar-refractivity contribution in [3.05, 3.63) is 45.7 Å². The van der Waals surface area contributed by atoms with Gasteiger partial charge in [0.25, 0.3) is 0 Å². The molecule has 0 unspecified atom stereocenters. The second-order valence-electron chi connectivity index (χ2n) is 4.00. The maximum absolute atomic E-state index is 13.3. The molecule has 2 aromatic rings. The molecule has 1 aromatic heterocycles. The highest BCUT2D eigenvalue weighted by molar-refractivity contribution is 7.09. The average molecular weight is 250 g/mol. The Balaban J connectivity index is 1.90. The molecule has 1 heterocycles. The van der Waals surface area contributed by atoms with E-state index >= 15 is 0 Å². The Labute approximate surface area is 105 Å². The lowest BCUT2D eigenvalue weighted by molar-refractivity contribution is 0.619. The number of rotatable bonds is 4. The molecule has 0 atom stereocenters. The van der Waals surface area contributed by atoms with Crippen LogP contribution in [0.3, 0.4) is 0 Å². The van der Waals surface area contributed by atoms with Crippen molar-refractivity contribution in [2.45, 2.75) is 20.3 Å². The molecule has 4 heteroatoms. The van der Waals surface area contributed by atoms with Crippen molar-refractivity contribution >= 4 is 17.0 Å². The van der Waals surface area contributed by atoms with Gasteiger partial charge in [0, 0.05) is 23.5 Å². The van der Waals surface area contributed by atoms with Crippen molar-refractivity contribution in [3.8, 4) is 0 Å². The summed E-state index contributed by atoms with van der Waals surface area (Å²) in [5.41, 5.74) is 4.45. The summed E-state index contributed by atoms with van der Waals surface area (Å²) >= 11 is 1.67. The number of benzene rings is 1. The summed E-state index contributed by atoms with van der Waals surface area (Å²) in [5.74, 6) is -0.163. The van der Waals surface area contributed by atoms with Crippen molar-refractivity contribution in [1.29, 1.82) is 0 Å². The molecule has 17 heavy (non-hydrogen) atoms. The van der Waals surface area contributed by atoms with Gasteiger partial charge in [-0.1, -0.05) is 6.07 Å². The molecule has 0 fully saturated rings. The predicted octanol–water partition coefficient (Wildman–Crippen LogP) is 3.55. The highest BCUT2D eigenvalue weighted by Crippen LogP contribution is 2.15. The minimum absolute atomic E-state index is 0.163. The Bertz CT molecular complexity index is 508. The average Bonchev–Trinajstić information content (AvgIpc) is 2.70. The summed E-state index contributed by atoms with van der Waals surface area (Å²) in [4.78, 5) is 5.48. The van der Waals surface area contributed by atoms with Gasteiger partial charge in [0.2, 0.25) is 0 Å². The number of hydrogen-bond acceptors (Lipinski definition) is 3. The fraction of sp³-hybridized carbons (Fsp3) is 0.308. The van der Waals surface area contributed by atoms with Crippen molar-refractivity contribution in [2.24, 2.45) is 0 Å². The summed E-state index contributed by atoms with van der Waals surface area (Å²) in [5, 5.41) is 3.22. The maximum Gasteiger partial charge on any atom is 0.128 e. The summed E-state index contributed by atoms with van der Waals surface area (Å²) in [6.45, 7) is 4.57. The standard InChI is InChI=1S/C13H15FN2S/c1-9-3-4-11(7-12(9)14)15-6-5-13-10(2)16-8-17-13/h3-4,7-8,15H,5-6H2,1-2H3. The number of thiazole rings is 1. The molecule has 0 spiro atoms. The Morgan fingerprint density at radius 2 is 2.18 bits per heavy atom. The second kappa shape index (κ2) is 5.27. The molecule has 2 rings (SSSR count). The highest BCUT2D eigenvalue weighted by atomic mass is 32.1. The quantitative estimate of drug-likeness (QED) is 0.897. The summed E-state index contributed by atoms with van der Waals surface area (Å²) in [6.07, 6.45) is 0.923. The van der Waals surface area contributed by atoms with E-state index in [1.807, 2.05) is 18.5 Å². The van der Waals surface area contributed by atoms with Gasteiger partial charge in [-0.05, 0) is 31.5 Å². The van der Waals surface area contributed by atoms with Crippen LogP contribution in [-0.4, -0.2) is 11.5 Å². The molecule has 0 aliphatic carbocycles. The second-order valence-corrected chi connectivity index (χ2v) is 4.94. The number of aromatic nitrogens is 1. The van der Waals surface area contributed by atoms with Crippen LogP contribution < -0.4 is 5.32 Å². The first kappa shape index (κ1) is 12.0. The number of nitrogens with one attached hydrogen (secondary N) is 1. The van der Waals surface area contributed by atoms with Gasteiger partial charge in [0.15, 0.2) is 0 Å². The van der Waals surface area contributed by atoms with Crippen LogP contribution in [0.5, 0.6) is 0 Å². The Kier molecular flexibility index (Phi) is 3.74. The lowest BCUT2D eigenvalue weighted by Crippen LogP contribution is -2.05. The lowest BCUT2D eigenvalue weighted by Gasteiger charge is -2.06. The van der Waals surface area contributed by atoms with Crippen LogP contribution in [0.15, 0.2) is 23.7 Å². The molecule has 0 amide bonds. The normalized spacial score (nSPS) is 10.5. The third-order valence-corrected chi connectivity index (χ3v) is 3.69. The van der Waals surface area contributed by atoms with Crippen molar-refractivity contribution in [3.63, 3.8) is 0 Å². The summed E-state index contributed by atoms with van der Waals surface area (Å²) < 4.78 is 13.3. The van der Waals surface area contributed by atoms with Gasteiger partial charge in [-0.2, -0.15) is 0 Å². The fourth-order valence-corrected chi connectivity index (χ4v) is 2.37. The van der Waals surface area contributed by atoms with E-state index in [1.165, 1.54) is 10.9 Å². The molecule has 1 aromatic carbocycles. The number of nitrogens with zero attached hydrogens (tertiary/aromatic N) is 1. The number of aryl methyl sites for hydroxylation is 2. The molecular formula is C13H15FN2S. The molecule has 0 aliphatic heterocycles. The van der Waals surface area contributed by atoms with Gasteiger partial charge in [-0.3, -0.25) is 0 Å². The van der Waals surface area contributed by atoms with E-state index < -0.39 is 0 Å². The number of halogens is 1. The SMILES string of the molecule is Cc1ccc(NCCc2scnc2C)cc1F. The van der Waals surface area contributed by atoms with Gasteiger partial charge in [-0.15, -0.1) is 11.3 Å². The van der Waals surface area contributed by atoms with E-state index in [2.05, 4.69) is 10.3 Å². The van der Waals surface area contributed by atoms with Crippen LogP contribution in [0.25, 0.3) is 0 Å². The minimum Gasteiger partial charge on any atom is -0.385 e. The van der Waals surface area contributed by atoms with Crippen LogP contribution in [0.4, 0.5) is 10.1 Å². The fourth-order valence-electron chi connectivity index (χ4n) is 1.59. The van der Waals surface area contributed by atoms with Crippen LogP contribution in [0, 0.1) is 19.7 Å². The van der Waals surface area contributed by atoms with E-state index in [1.54, 1.807) is 24.3 Å². The third-order valence-electron chi connectivity index (χ3n) is 2.70. The molecule has 90 valence electrons. The van der Waals surface area contributed by atoms with Gasteiger partial charge in [0.05, 0.1) is 11.2 Å². The van der Waals surface area contributed by atoms with Crippen molar-refractivity contribution < 1.29 is 4.39 Å². The van der Waals surface area contributed by atoms with E-state index in [0.717, 1.165) is 24.3 Å². The van der Waals surface area contributed by atoms with Crippen molar-refractivity contribution in [2.75, 3.05) is 11.9 Å². The third kappa shape index (κ3) is 3.03. The van der Waals surface area contributed by atoms with Crippen LogP contribution >= 0.6 is 11.3 Å². The monoisotopic (exact) mass is 250 g/mol. The Morgan fingerprint density at radius 3 is 2.82 bits per heavy atom. The van der Waals surface area contributed by atoms with Gasteiger partial charge in [0.1, 0.15) is 5.82 Å². The zero-order chi connectivity index (χ0) is 12.3. The Hall–Kier alpha value is -1.42. The number of hydrogen-bond donors (Lipinski definition) is 1. The zero-order valence-electron chi connectivity index (χ0n) is 9.96. The minimum atomic E-state index is -0.163. The van der Waals surface area contributed by atoms with E-state index in [0.29, 0.717) is 5.56 Å².